The quantitative estimate of drug-likeness (QED) is 0.454. The molecule has 0 aliphatic rings. The van der Waals surface area contributed by atoms with Crippen LogP contribution < -0.4 is 0 Å². The van der Waals surface area contributed by atoms with Gasteiger partial charge < -0.3 is 15.0 Å². The minimum absolute atomic E-state index is 0.142. The molecule has 140 valence electrons. The highest BCUT2D eigenvalue weighted by Crippen LogP contribution is 2.44. The molecule has 0 amide bonds. The van der Waals surface area contributed by atoms with E-state index >= 15 is 0 Å². The standard InChI is InChI=1S/C25H22O3/c1-16(26)5-4-6-17-9-12-21-19(15-17)11-14-23(28)25(21)24-20-8-3-2-7-18(20)10-13-22(24)27/h2-3,7-15,27-28H,4-6H2,1H3. The zero-order valence-electron chi connectivity index (χ0n) is 15.8. The molecule has 4 rings (SSSR count). The molecular formula is C25H22O3. The third-order valence-corrected chi connectivity index (χ3v) is 5.21. The second-order valence-corrected chi connectivity index (χ2v) is 7.25. The number of ketones is 1. The summed E-state index contributed by atoms with van der Waals surface area (Å²) in [5.74, 6) is 0.495. The molecule has 0 saturated heterocycles. The molecule has 0 atom stereocenters. The first-order valence-corrected chi connectivity index (χ1v) is 9.50. The van der Waals surface area contributed by atoms with E-state index in [0.717, 1.165) is 39.9 Å². The van der Waals surface area contributed by atoms with E-state index in [2.05, 4.69) is 6.07 Å². The summed E-state index contributed by atoms with van der Waals surface area (Å²) in [4.78, 5) is 11.2. The summed E-state index contributed by atoms with van der Waals surface area (Å²) in [6.07, 6.45) is 2.25. The van der Waals surface area contributed by atoms with E-state index in [1.807, 2.05) is 48.5 Å². The Morgan fingerprint density at radius 3 is 2.14 bits per heavy atom. The molecule has 4 aromatic rings. The second-order valence-electron chi connectivity index (χ2n) is 7.25. The third kappa shape index (κ3) is 3.31. The van der Waals surface area contributed by atoms with Crippen LogP contribution in [0, 0.1) is 0 Å². The van der Waals surface area contributed by atoms with Gasteiger partial charge in [0.1, 0.15) is 17.3 Å². The Labute approximate surface area is 163 Å². The normalized spacial score (nSPS) is 11.2. The summed E-state index contributed by atoms with van der Waals surface area (Å²) in [6, 6.07) is 21.1. The van der Waals surface area contributed by atoms with Gasteiger partial charge in [-0.3, -0.25) is 0 Å². The number of carbonyl (C=O) groups excluding carboxylic acids is 1. The van der Waals surface area contributed by atoms with E-state index in [-0.39, 0.29) is 17.3 Å². The highest BCUT2D eigenvalue weighted by molar-refractivity contribution is 6.09. The van der Waals surface area contributed by atoms with Crippen LogP contribution in [0.25, 0.3) is 32.7 Å². The largest absolute Gasteiger partial charge is 0.507 e. The van der Waals surface area contributed by atoms with Crippen LogP contribution in [0.4, 0.5) is 0 Å². The van der Waals surface area contributed by atoms with E-state index in [1.54, 1.807) is 19.1 Å². The number of carbonyl (C=O) groups is 1. The van der Waals surface area contributed by atoms with Gasteiger partial charge >= 0.3 is 0 Å². The van der Waals surface area contributed by atoms with Crippen LogP contribution in [-0.4, -0.2) is 16.0 Å². The number of benzene rings is 4. The van der Waals surface area contributed by atoms with Crippen LogP contribution in [0.15, 0.2) is 66.7 Å². The van der Waals surface area contributed by atoms with Gasteiger partial charge in [-0.05, 0) is 59.0 Å². The van der Waals surface area contributed by atoms with Crippen molar-refractivity contribution in [3.05, 3.63) is 72.3 Å². The molecule has 0 fully saturated rings. The van der Waals surface area contributed by atoms with Crippen LogP contribution in [0.3, 0.4) is 0 Å². The van der Waals surface area contributed by atoms with Crippen molar-refractivity contribution in [2.24, 2.45) is 0 Å². The summed E-state index contributed by atoms with van der Waals surface area (Å²) in [7, 11) is 0. The van der Waals surface area contributed by atoms with Crippen molar-refractivity contribution < 1.29 is 15.0 Å². The first-order valence-electron chi connectivity index (χ1n) is 9.50. The summed E-state index contributed by atoms with van der Waals surface area (Å²) in [5, 5.41) is 25.1. The number of rotatable bonds is 5. The van der Waals surface area contributed by atoms with Gasteiger partial charge in [-0.1, -0.05) is 54.6 Å². The highest BCUT2D eigenvalue weighted by Gasteiger charge is 2.16. The fourth-order valence-electron chi connectivity index (χ4n) is 3.85. The van der Waals surface area contributed by atoms with Crippen molar-refractivity contribution in [2.75, 3.05) is 0 Å². The number of phenolic OH excluding ortho intramolecular Hbond substituents is 2. The maximum atomic E-state index is 11.2. The highest BCUT2D eigenvalue weighted by atomic mass is 16.3. The Morgan fingerprint density at radius 1 is 0.786 bits per heavy atom. The predicted octanol–water partition coefficient (Wildman–Crippen LogP) is 5.98. The molecule has 2 N–H and O–H groups in total. The molecule has 0 aliphatic carbocycles. The summed E-state index contributed by atoms with van der Waals surface area (Å²) in [5.41, 5.74) is 2.44. The number of hydrogen-bond donors (Lipinski definition) is 2. The SMILES string of the molecule is CC(=O)CCCc1ccc2c(-c3c(O)ccc4ccccc34)c(O)ccc2c1. The zero-order valence-corrected chi connectivity index (χ0v) is 15.8. The van der Waals surface area contributed by atoms with Crippen molar-refractivity contribution in [2.45, 2.75) is 26.2 Å². The number of phenols is 2. The van der Waals surface area contributed by atoms with Gasteiger partial charge in [0, 0.05) is 17.5 Å². The number of fused-ring (bicyclic) bond motifs is 2. The lowest BCUT2D eigenvalue weighted by molar-refractivity contribution is -0.117. The number of hydrogen-bond acceptors (Lipinski definition) is 3. The fraction of sp³-hybridized carbons (Fsp3) is 0.160. The first-order chi connectivity index (χ1) is 13.5. The maximum absolute atomic E-state index is 11.2. The van der Waals surface area contributed by atoms with E-state index in [4.69, 9.17) is 0 Å². The Kier molecular flexibility index (Phi) is 4.74. The third-order valence-electron chi connectivity index (χ3n) is 5.21. The Hall–Kier alpha value is -3.33. The number of aryl methyl sites for hydroxylation is 1. The maximum Gasteiger partial charge on any atom is 0.129 e. The van der Waals surface area contributed by atoms with Gasteiger partial charge in [0.2, 0.25) is 0 Å². The molecule has 3 nitrogen and oxygen atoms in total. The number of aromatic hydroxyl groups is 2. The molecule has 0 saturated carbocycles. The molecule has 0 aliphatic heterocycles. The lowest BCUT2D eigenvalue weighted by Crippen LogP contribution is -1.93. The molecule has 0 unspecified atom stereocenters. The van der Waals surface area contributed by atoms with Crippen molar-refractivity contribution in [1.29, 1.82) is 0 Å². The number of Topliss-reactive ketones (excluding diaryl/α,β-unsaturated/α-hetero) is 1. The minimum Gasteiger partial charge on any atom is -0.507 e. The average molecular weight is 370 g/mol. The molecule has 0 spiro atoms. The van der Waals surface area contributed by atoms with E-state index < -0.39 is 0 Å². The average Bonchev–Trinajstić information content (AvgIpc) is 2.68. The van der Waals surface area contributed by atoms with Crippen LogP contribution in [0.2, 0.25) is 0 Å². The molecule has 4 aromatic carbocycles. The first kappa shape index (κ1) is 18.1. The molecule has 3 heteroatoms. The summed E-state index contributed by atoms with van der Waals surface area (Å²) < 4.78 is 0. The second kappa shape index (κ2) is 7.35. The van der Waals surface area contributed by atoms with Gasteiger partial charge in [0.05, 0.1) is 0 Å². The lowest BCUT2D eigenvalue weighted by Gasteiger charge is -2.15. The predicted molar refractivity (Wildman–Crippen MR) is 114 cm³/mol. The molecule has 0 radical (unpaired) electrons. The van der Waals surface area contributed by atoms with Crippen molar-refractivity contribution in [3.63, 3.8) is 0 Å². The van der Waals surface area contributed by atoms with E-state index in [1.165, 1.54) is 0 Å². The molecular weight excluding hydrogens is 348 g/mol. The van der Waals surface area contributed by atoms with E-state index in [9.17, 15) is 15.0 Å². The molecule has 0 bridgehead atoms. The van der Waals surface area contributed by atoms with Crippen LogP contribution in [0.5, 0.6) is 11.5 Å². The topological polar surface area (TPSA) is 57.5 Å². The lowest BCUT2D eigenvalue weighted by atomic mass is 9.91. The Morgan fingerprint density at radius 2 is 1.43 bits per heavy atom. The van der Waals surface area contributed by atoms with Gasteiger partial charge in [0.25, 0.3) is 0 Å². The van der Waals surface area contributed by atoms with Crippen LogP contribution >= 0.6 is 0 Å². The Bertz CT molecular complexity index is 1190. The van der Waals surface area contributed by atoms with Crippen molar-refractivity contribution in [1.82, 2.24) is 0 Å². The van der Waals surface area contributed by atoms with Gasteiger partial charge in [-0.2, -0.15) is 0 Å². The molecule has 0 aromatic heterocycles. The van der Waals surface area contributed by atoms with Gasteiger partial charge in [0.15, 0.2) is 0 Å². The molecule has 28 heavy (non-hydrogen) atoms. The minimum atomic E-state index is 0.142. The van der Waals surface area contributed by atoms with Crippen LogP contribution in [0.1, 0.15) is 25.3 Å². The zero-order chi connectivity index (χ0) is 19.7. The Balaban J connectivity index is 1.87. The molecule has 0 heterocycles. The van der Waals surface area contributed by atoms with Gasteiger partial charge in [-0.25, -0.2) is 0 Å². The smallest absolute Gasteiger partial charge is 0.129 e. The van der Waals surface area contributed by atoms with Crippen molar-refractivity contribution >= 4 is 27.3 Å². The summed E-state index contributed by atoms with van der Waals surface area (Å²) >= 11 is 0. The van der Waals surface area contributed by atoms with Crippen molar-refractivity contribution in [3.8, 4) is 22.6 Å². The van der Waals surface area contributed by atoms with E-state index in [0.29, 0.717) is 17.5 Å². The fourth-order valence-corrected chi connectivity index (χ4v) is 3.85. The van der Waals surface area contributed by atoms with Gasteiger partial charge in [-0.15, -0.1) is 0 Å². The summed E-state index contributed by atoms with van der Waals surface area (Å²) in [6.45, 7) is 1.62. The van der Waals surface area contributed by atoms with Crippen LogP contribution in [-0.2, 0) is 11.2 Å². The monoisotopic (exact) mass is 370 g/mol.